The Hall–Kier alpha value is -1.14. The number of rotatable bonds is 7. The van der Waals surface area contributed by atoms with E-state index in [2.05, 4.69) is 29.0 Å². The topological polar surface area (TPSA) is 65.5 Å². The molecule has 0 aromatic carbocycles. The number of piperidine rings is 1. The molecular weight excluding hydrogens is 286 g/mol. The Morgan fingerprint density at radius 2 is 2.24 bits per heavy atom. The summed E-state index contributed by atoms with van der Waals surface area (Å²) in [4.78, 5) is 17.9. The molecule has 2 heterocycles. The fraction of sp³-hybridized carbons (Fsp3) is 0.733. The molecule has 0 amide bonds. The standard InChI is InChI=1S/C15H25N3O2S/c1-11(2)9-12(14(19)20)10-17-13-3-6-18(7-4-13)15-16-5-8-21-15/h5,8,11-13,17H,3-4,6-7,9-10H2,1-2H3,(H,19,20). The number of carbonyl (C=O) groups is 1. The number of hydrogen-bond acceptors (Lipinski definition) is 5. The fourth-order valence-corrected chi connectivity index (χ4v) is 3.49. The summed E-state index contributed by atoms with van der Waals surface area (Å²) in [6, 6.07) is 0.426. The Kier molecular flexibility index (Phi) is 5.99. The van der Waals surface area contributed by atoms with Crippen molar-refractivity contribution in [2.75, 3.05) is 24.5 Å². The van der Waals surface area contributed by atoms with Gasteiger partial charge in [0.1, 0.15) is 0 Å². The van der Waals surface area contributed by atoms with Gasteiger partial charge in [0.2, 0.25) is 0 Å². The Morgan fingerprint density at radius 3 is 2.76 bits per heavy atom. The van der Waals surface area contributed by atoms with E-state index in [9.17, 15) is 9.90 Å². The second-order valence-electron chi connectivity index (χ2n) is 6.15. The average Bonchev–Trinajstić information content (AvgIpc) is 2.97. The number of hydrogen-bond donors (Lipinski definition) is 2. The van der Waals surface area contributed by atoms with E-state index in [1.807, 2.05) is 11.6 Å². The van der Waals surface area contributed by atoms with Crippen molar-refractivity contribution in [3.8, 4) is 0 Å². The molecule has 0 bridgehead atoms. The lowest BCUT2D eigenvalue weighted by Crippen LogP contribution is -2.44. The molecule has 0 saturated carbocycles. The Morgan fingerprint density at radius 1 is 1.52 bits per heavy atom. The molecular formula is C15H25N3O2S. The van der Waals surface area contributed by atoms with Gasteiger partial charge in [-0.15, -0.1) is 11.3 Å². The highest BCUT2D eigenvalue weighted by molar-refractivity contribution is 7.13. The largest absolute Gasteiger partial charge is 0.481 e. The molecule has 6 heteroatoms. The van der Waals surface area contributed by atoms with E-state index in [1.165, 1.54) is 0 Å². The van der Waals surface area contributed by atoms with Gasteiger partial charge in [0.05, 0.1) is 5.92 Å². The third-order valence-corrected chi connectivity index (χ3v) is 4.78. The van der Waals surface area contributed by atoms with E-state index in [0.717, 1.165) is 37.5 Å². The van der Waals surface area contributed by atoms with Gasteiger partial charge in [-0.3, -0.25) is 4.79 Å². The van der Waals surface area contributed by atoms with E-state index in [4.69, 9.17) is 0 Å². The second-order valence-corrected chi connectivity index (χ2v) is 7.02. The normalized spacial score (nSPS) is 18.1. The number of carboxylic acids is 1. The smallest absolute Gasteiger partial charge is 0.307 e. The maximum atomic E-state index is 11.3. The first-order valence-corrected chi connectivity index (χ1v) is 8.55. The van der Waals surface area contributed by atoms with Crippen molar-refractivity contribution in [3.63, 3.8) is 0 Å². The molecule has 1 fully saturated rings. The minimum absolute atomic E-state index is 0.276. The summed E-state index contributed by atoms with van der Waals surface area (Å²) in [6.07, 6.45) is 4.68. The highest BCUT2D eigenvalue weighted by Crippen LogP contribution is 2.22. The quantitative estimate of drug-likeness (QED) is 0.810. The predicted molar refractivity (Wildman–Crippen MR) is 85.9 cm³/mol. The van der Waals surface area contributed by atoms with Crippen LogP contribution < -0.4 is 10.2 Å². The summed E-state index contributed by atoms with van der Waals surface area (Å²) in [5, 5.41) is 15.8. The zero-order chi connectivity index (χ0) is 15.2. The SMILES string of the molecule is CC(C)CC(CNC1CCN(c2nccs2)CC1)C(=O)O. The molecule has 1 aromatic rings. The number of nitrogens with one attached hydrogen (secondary N) is 1. The van der Waals surface area contributed by atoms with Crippen LogP contribution >= 0.6 is 11.3 Å². The first kappa shape index (κ1) is 16.2. The van der Waals surface area contributed by atoms with E-state index in [-0.39, 0.29) is 5.92 Å². The zero-order valence-corrected chi connectivity index (χ0v) is 13.6. The van der Waals surface area contributed by atoms with E-state index < -0.39 is 5.97 Å². The molecule has 0 radical (unpaired) electrons. The maximum Gasteiger partial charge on any atom is 0.307 e. The van der Waals surface area contributed by atoms with Crippen LogP contribution in [0.4, 0.5) is 5.13 Å². The summed E-state index contributed by atoms with van der Waals surface area (Å²) < 4.78 is 0. The monoisotopic (exact) mass is 311 g/mol. The molecule has 118 valence electrons. The first-order valence-electron chi connectivity index (χ1n) is 7.67. The van der Waals surface area contributed by atoms with Crippen LogP contribution in [-0.4, -0.2) is 41.7 Å². The Bertz CT molecular complexity index is 428. The Balaban J connectivity index is 1.74. The summed E-state index contributed by atoms with van der Waals surface area (Å²) in [5.41, 5.74) is 0. The van der Waals surface area contributed by atoms with E-state index in [0.29, 0.717) is 18.5 Å². The molecule has 1 atom stereocenters. The molecule has 1 aliphatic heterocycles. The molecule has 5 nitrogen and oxygen atoms in total. The molecule has 1 aliphatic rings. The van der Waals surface area contributed by atoms with Gasteiger partial charge in [-0.25, -0.2) is 4.98 Å². The first-order chi connectivity index (χ1) is 10.1. The lowest BCUT2D eigenvalue weighted by molar-refractivity contribution is -0.142. The van der Waals surface area contributed by atoms with Gasteiger partial charge in [-0.2, -0.15) is 0 Å². The number of thiazole rings is 1. The third kappa shape index (κ3) is 4.97. The van der Waals surface area contributed by atoms with Gasteiger partial charge in [0, 0.05) is 37.3 Å². The van der Waals surface area contributed by atoms with Gasteiger partial charge in [0.15, 0.2) is 5.13 Å². The van der Waals surface area contributed by atoms with Gasteiger partial charge in [-0.1, -0.05) is 13.8 Å². The molecule has 0 aliphatic carbocycles. The van der Waals surface area contributed by atoms with Gasteiger partial charge in [0.25, 0.3) is 0 Å². The number of aromatic nitrogens is 1. The lowest BCUT2D eigenvalue weighted by atomic mass is 9.96. The predicted octanol–water partition coefficient (Wildman–Crippen LogP) is 2.45. The maximum absolute atomic E-state index is 11.3. The van der Waals surface area contributed by atoms with E-state index >= 15 is 0 Å². The molecule has 1 unspecified atom stereocenters. The molecule has 0 spiro atoms. The van der Waals surface area contributed by atoms with Crippen LogP contribution in [0.15, 0.2) is 11.6 Å². The van der Waals surface area contributed by atoms with Crippen LogP contribution in [0.25, 0.3) is 0 Å². The lowest BCUT2D eigenvalue weighted by Gasteiger charge is -2.32. The van der Waals surface area contributed by atoms with Crippen molar-refractivity contribution in [2.45, 2.75) is 39.2 Å². The van der Waals surface area contributed by atoms with Crippen molar-refractivity contribution in [1.29, 1.82) is 0 Å². The molecule has 1 aromatic heterocycles. The summed E-state index contributed by atoms with van der Waals surface area (Å²) in [7, 11) is 0. The summed E-state index contributed by atoms with van der Waals surface area (Å²) >= 11 is 1.68. The van der Waals surface area contributed by atoms with Crippen LogP contribution in [0.1, 0.15) is 33.1 Å². The third-order valence-electron chi connectivity index (χ3n) is 3.94. The van der Waals surface area contributed by atoms with Crippen molar-refractivity contribution in [3.05, 3.63) is 11.6 Å². The number of nitrogens with zero attached hydrogens (tertiary/aromatic N) is 2. The van der Waals surface area contributed by atoms with Crippen molar-refractivity contribution >= 4 is 22.4 Å². The number of anilines is 1. The van der Waals surface area contributed by atoms with Crippen LogP contribution in [-0.2, 0) is 4.79 Å². The van der Waals surface area contributed by atoms with Gasteiger partial charge < -0.3 is 15.3 Å². The van der Waals surface area contributed by atoms with Crippen LogP contribution in [0, 0.1) is 11.8 Å². The number of aliphatic carboxylic acids is 1. The highest BCUT2D eigenvalue weighted by atomic mass is 32.1. The van der Waals surface area contributed by atoms with Gasteiger partial charge >= 0.3 is 5.97 Å². The second kappa shape index (κ2) is 7.75. The highest BCUT2D eigenvalue weighted by Gasteiger charge is 2.23. The van der Waals surface area contributed by atoms with Crippen molar-refractivity contribution in [1.82, 2.24) is 10.3 Å². The van der Waals surface area contributed by atoms with Crippen LogP contribution in [0.2, 0.25) is 0 Å². The minimum atomic E-state index is -0.684. The van der Waals surface area contributed by atoms with E-state index in [1.54, 1.807) is 11.3 Å². The van der Waals surface area contributed by atoms with Crippen molar-refractivity contribution in [2.24, 2.45) is 11.8 Å². The Labute approximate surface area is 130 Å². The number of carboxylic acid groups (broad SMARTS) is 1. The van der Waals surface area contributed by atoms with Crippen LogP contribution in [0.3, 0.4) is 0 Å². The average molecular weight is 311 g/mol. The zero-order valence-electron chi connectivity index (χ0n) is 12.8. The summed E-state index contributed by atoms with van der Waals surface area (Å²) in [5.74, 6) is -0.543. The minimum Gasteiger partial charge on any atom is -0.481 e. The fourth-order valence-electron chi connectivity index (χ4n) is 2.80. The molecule has 2 rings (SSSR count). The van der Waals surface area contributed by atoms with Gasteiger partial charge in [-0.05, 0) is 25.2 Å². The molecule has 1 saturated heterocycles. The molecule has 21 heavy (non-hydrogen) atoms. The van der Waals surface area contributed by atoms with Crippen molar-refractivity contribution < 1.29 is 9.90 Å². The molecule has 2 N–H and O–H groups in total. The van der Waals surface area contributed by atoms with Crippen LogP contribution in [0.5, 0.6) is 0 Å². The summed E-state index contributed by atoms with van der Waals surface area (Å²) in [6.45, 7) is 6.71.